The van der Waals surface area contributed by atoms with Gasteiger partial charge >= 0.3 is 0 Å². The molecule has 0 amide bonds. The molecule has 1 N–H and O–H groups in total. The van der Waals surface area contributed by atoms with E-state index in [1.165, 1.54) is 74.6 Å². The van der Waals surface area contributed by atoms with Gasteiger partial charge in [0.1, 0.15) is 12.0 Å². The largest absolute Gasteiger partial charge is 0.329 e. The van der Waals surface area contributed by atoms with Crippen molar-refractivity contribution in [2.75, 3.05) is 25.5 Å². The van der Waals surface area contributed by atoms with Gasteiger partial charge in [-0.2, -0.15) is 4.98 Å². The van der Waals surface area contributed by atoms with E-state index in [4.69, 9.17) is 4.98 Å². The fourth-order valence-corrected chi connectivity index (χ4v) is 5.96. The molecule has 7 heteroatoms. The standard InChI is InChI=1S/C27H27N6.C7H13N.2H2/c1-2-18-3-5-21(6-4-18)25-16-33(23-11-9-20(10-12-23)19-7-8-19)26-24(25)15-30-27(32-26)31-22-13-28-17-29-14-22;1-8-6-4-2-3-5-7-8;;/h3-8,13-17,20,23H,2,9-12H2,1H3,(H,30,31,32);2-3H,4-7H2,1H3;2*1H. The summed E-state index contributed by atoms with van der Waals surface area (Å²) in [5.41, 5.74) is 7.08. The smallest absolute Gasteiger partial charge is 0.229 e. The quantitative estimate of drug-likeness (QED) is 0.247. The van der Waals surface area contributed by atoms with Gasteiger partial charge in [-0.05, 0) is 69.0 Å². The molecule has 215 valence electrons. The van der Waals surface area contributed by atoms with Crippen molar-refractivity contribution in [1.29, 1.82) is 0 Å². The van der Waals surface area contributed by atoms with Crippen LogP contribution in [-0.4, -0.2) is 49.5 Å². The van der Waals surface area contributed by atoms with Crippen molar-refractivity contribution >= 4 is 22.7 Å². The Morgan fingerprint density at radius 2 is 1.66 bits per heavy atom. The average Bonchev–Trinajstić information content (AvgIpc) is 3.84. The van der Waals surface area contributed by atoms with Crippen LogP contribution < -0.4 is 5.32 Å². The Kier molecular flexibility index (Phi) is 8.52. The second kappa shape index (κ2) is 12.8. The summed E-state index contributed by atoms with van der Waals surface area (Å²) >= 11 is 0. The van der Waals surface area contributed by atoms with E-state index in [0.717, 1.165) is 29.1 Å². The van der Waals surface area contributed by atoms with Gasteiger partial charge in [0, 0.05) is 51.7 Å². The number of aryl methyl sites for hydroxylation is 1. The average molecular weight is 551 g/mol. The van der Waals surface area contributed by atoms with Gasteiger partial charge in [0.05, 0.1) is 18.1 Å². The maximum atomic E-state index is 4.96. The highest BCUT2D eigenvalue weighted by Gasteiger charge is 2.29. The Morgan fingerprint density at radius 3 is 2.32 bits per heavy atom. The van der Waals surface area contributed by atoms with Crippen LogP contribution in [0.4, 0.5) is 11.6 Å². The number of hydrogen-bond donors (Lipinski definition) is 1. The predicted molar refractivity (Wildman–Crippen MR) is 171 cm³/mol. The lowest BCUT2D eigenvalue weighted by atomic mass is 9.84. The van der Waals surface area contributed by atoms with E-state index in [0.29, 0.717) is 12.0 Å². The molecule has 7 rings (SSSR count). The molecule has 0 atom stereocenters. The lowest BCUT2D eigenvalue weighted by molar-refractivity contribution is 0.310. The van der Waals surface area contributed by atoms with Gasteiger partial charge in [-0.15, -0.1) is 0 Å². The van der Waals surface area contributed by atoms with Crippen LogP contribution in [0.25, 0.3) is 22.2 Å². The van der Waals surface area contributed by atoms with Crippen LogP contribution in [0.5, 0.6) is 0 Å². The zero-order chi connectivity index (χ0) is 28.0. The number of hydrogen-bond acceptors (Lipinski definition) is 6. The summed E-state index contributed by atoms with van der Waals surface area (Å²) in [4.78, 5) is 20.1. The first kappa shape index (κ1) is 27.3. The summed E-state index contributed by atoms with van der Waals surface area (Å²) in [6.07, 6.45) is 26.6. The van der Waals surface area contributed by atoms with Crippen LogP contribution in [0.15, 0.2) is 79.2 Å². The molecular formula is C34H44N7. The zero-order valence-electron chi connectivity index (χ0n) is 24.2. The van der Waals surface area contributed by atoms with Crippen molar-refractivity contribution in [1.82, 2.24) is 29.4 Å². The second-order valence-electron chi connectivity index (χ2n) is 11.4. The predicted octanol–water partition coefficient (Wildman–Crippen LogP) is 7.83. The lowest BCUT2D eigenvalue weighted by Gasteiger charge is -2.29. The van der Waals surface area contributed by atoms with Crippen molar-refractivity contribution in [2.45, 2.75) is 57.9 Å². The maximum absolute atomic E-state index is 4.96. The van der Waals surface area contributed by atoms with Crippen LogP contribution in [0.3, 0.4) is 0 Å². The Morgan fingerprint density at radius 1 is 0.951 bits per heavy atom. The van der Waals surface area contributed by atoms with Gasteiger partial charge < -0.3 is 14.8 Å². The number of allylic oxidation sites excluding steroid dienone is 2. The van der Waals surface area contributed by atoms with Gasteiger partial charge in [-0.1, -0.05) is 55.0 Å². The highest BCUT2D eigenvalue weighted by molar-refractivity contribution is 5.94. The third-order valence-electron chi connectivity index (χ3n) is 8.50. The fourth-order valence-electron chi connectivity index (χ4n) is 5.96. The summed E-state index contributed by atoms with van der Waals surface area (Å²) in [7, 11) is 2.17. The summed E-state index contributed by atoms with van der Waals surface area (Å²) in [6, 6.07) is 9.33. The van der Waals surface area contributed by atoms with Crippen molar-refractivity contribution < 1.29 is 2.85 Å². The zero-order valence-corrected chi connectivity index (χ0v) is 24.2. The van der Waals surface area contributed by atoms with E-state index in [-0.39, 0.29) is 2.85 Å². The molecule has 3 aliphatic rings. The number of aromatic nitrogens is 5. The first-order chi connectivity index (χ1) is 20.2. The molecule has 7 nitrogen and oxygen atoms in total. The molecule has 1 aliphatic heterocycles. The topological polar surface area (TPSA) is 71.8 Å². The number of rotatable bonds is 6. The molecule has 0 saturated heterocycles. The van der Waals surface area contributed by atoms with Crippen LogP contribution >= 0.6 is 0 Å². The highest BCUT2D eigenvalue weighted by Crippen LogP contribution is 2.43. The number of fused-ring (bicyclic) bond motifs is 1. The minimum Gasteiger partial charge on any atom is -0.329 e. The number of benzene rings is 1. The molecule has 1 fully saturated rings. The first-order valence-corrected chi connectivity index (χ1v) is 15.1. The molecule has 0 bridgehead atoms. The molecule has 4 aromatic rings. The number of nitrogens with zero attached hydrogens (tertiary/aromatic N) is 6. The van der Waals surface area contributed by atoms with Gasteiger partial charge in [0.15, 0.2) is 0 Å². The Bertz CT molecular complexity index is 1500. The van der Waals surface area contributed by atoms with E-state index < -0.39 is 0 Å². The first-order valence-electron chi connectivity index (χ1n) is 15.1. The fraction of sp³-hybridized carbons (Fsp3) is 0.382. The normalized spacial score (nSPS) is 20.6. The molecule has 2 aliphatic carbocycles. The minimum atomic E-state index is 0. The van der Waals surface area contributed by atoms with E-state index in [9.17, 15) is 0 Å². The second-order valence-corrected chi connectivity index (χ2v) is 11.4. The molecule has 1 saturated carbocycles. The van der Waals surface area contributed by atoms with E-state index in [1.807, 2.05) is 6.20 Å². The molecule has 41 heavy (non-hydrogen) atoms. The van der Waals surface area contributed by atoms with Gasteiger partial charge in [0.2, 0.25) is 5.95 Å². The molecular weight excluding hydrogens is 506 g/mol. The molecule has 0 unspecified atom stereocenters. The lowest BCUT2D eigenvalue weighted by Crippen LogP contribution is -2.18. The third kappa shape index (κ3) is 6.73. The van der Waals surface area contributed by atoms with E-state index in [2.05, 4.69) is 98.8 Å². The Labute approximate surface area is 246 Å². The summed E-state index contributed by atoms with van der Waals surface area (Å²) in [5, 5.41) is 4.34. The van der Waals surface area contributed by atoms with Crippen molar-refractivity contribution in [2.24, 2.45) is 5.92 Å². The highest BCUT2D eigenvalue weighted by atomic mass is 15.2. The number of nitrogens with one attached hydrogen (secondary N) is 1. The van der Waals surface area contributed by atoms with Crippen molar-refractivity contribution in [3.8, 4) is 11.1 Å². The molecule has 3 aromatic heterocycles. The molecule has 4 heterocycles. The van der Waals surface area contributed by atoms with Crippen LogP contribution in [0, 0.1) is 12.3 Å². The van der Waals surface area contributed by atoms with Gasteiger partial charge in [-0.25, -0.2) is 15.0 Å². The van der Waals surface area contributed by atoms with Gasteiger partial charge in [0.25, 0.3) is 0 Å². The van der Waals surface area contributed by atoms with Crippen molar-refractivity contribution in [3.63, 3.8) is 0 Å². The molecule has 1 radical (unpaired) electrons. The van der Waals surface area contributed by atoms with Crippen LogP contribution in [-0.2, 0) is 6.42 Å². The van der Waals surface area contributed by atoms with Crippen LogP contribution in [0.2, 0.25) is 0 Å². The minimum absolute atomic E-state index is 0. The monoisotopic (exact) mass is 550 g/mol. The molecule has 0 spiro atoms. The molecule has 1 aromatic carbocycles. The SMILES string of the molecule is CCc1ccc(-c2cn(C3CCC(C4=C[CH]4)CC3)c3nc(Nc4cncnc4)ncc23)cc1.CN1CCC=CCC1.[HH].[HH]. The van der Waals surface area contributed by atoms with Crippen LogP contribution in [0.1, 0.15) is 59.9 Å². The third-order valence-corrected chi connectivity index (χ3v) is 8.50. The van der Waals surface area contributed by atoms with E-state index >= 15 is 0 Å². The summed E-state index contributed by atoms with van der Waals surface area (Å²) in [5.74, 6) is 1.31. The summed E-state index contributed by atoms with van der Waals surface area (Å²) in [6.45, 7) is 4.65. The number of anilines is 2. The van der Waals surface area contributed by atoms with Gasteiger partial charge in [-0.3, -0.25) is 0 Å². The Hall–Kier alpha value is -3.84. The van der Waals surface area contributed by atoms with Crippen molar-refractivity contribution in [3.05, 3.63) is 91.2 Å². The summed E-state index contributed by atoms with van der Waals surface area (Å²) < 4.78 is 2.40. The Balaban J connectivity index is 0.000000371. The maximum Gasteiger partial charge on any atom is 0.229 e. The van der Waals surface area contributed by atoms with E-state index in [1.54, 1.807) is 18.0 Å².